The zero-order chi connectivity index (χ0) is 23.7. The molecule has 0 bridgehead atoms. The van der Waals surface area contributed by atoms with E-state index in [9.17, 15) is 0 Å². The Balaban J connectivity index is 1.19. The number of imidazole rings is 1. The van der Waals surface area contributed by atoms with E-state index in [4.69, 9.17) is 30.4 Å². The molecule has 35 heavy (non-hydrogen) atoms. The molecule has 0 unspecified atom stereocenters. The molecular weight excluding hydrogens is 442 g/mol. The third-order valence-electron chi connectivity index (χ3n) is 7.46. The summed E-state index contributed by atoms with van der Waals surface area (Å²) in [6, 6.07) is 4.62. The molecular formula is C25H35N9O. The lowest BCUT2D eigenvalue weighted by Gasteiger charge is -2.55. The molecule has 0 radical (unpaired) electrons. The van der Waals surface area contributed by atoms with Gasteiger partial charge in [0.15, 0.2) is 17.0 Å². The highest BCUT2D eigenvalue weighted by molar-refractivity contribution is 5.86. The largest absolute Gasteiger partial charge is 0.380 e. The molecule has 0 atom stereocenters. The Morgan fingerprint density at radius 2 is 1.94 bits per heavy atom. The van der Waals surface area contributed by atoms with Crippen LogP contribution in [0.2, 0.25) is 0 Å². The second-order valence-corrected chi connectivity index (χ2v) is 10.4. The van der Waals surface area contributed by atoms with Crippen LogP contribution in [-0.4, -0.2) is 68.8 Å². The van der Waals surface area contributed by atoms with Crippen LogP contribution in [0, 0.1) is 5.41 Å². The van der Waals surface area contributed by atoms with Crippen LogP contribution in [-0.2, 0) is 11.3 Å². The summed E-state index contributed by atoms with van der Waals surface area (Å²) in [6.45, 7) is 6.40. The van der Waals surface area contributed by atoms with E-state index in [0.29, 0.717) is 29.8 Å². The molecule has 10 heteroatoms. The lowest BCUT2D eigenvalue weighted by atomic mass is 9.78. The first kappa shape index (κ1) is 22.6. The second-order valence-electron chi connectivity index (χ2n) is 10.4. The van der Waals surface area contributed by atoms with Crippen molar-refractivity contribution >= 4 is 28.6 Å². The van der Waals surface area contributed by atoms with Crippen molar-refractivity contribution in [3.8, 4) is 0 Å². The average Bonchev–Trinajstić information content (AvgIpc) is 3.49. The summed E-state index contributed by atoms with van der Waals surface area (Å²) in [4.78, 5) is 21.5. The summed E-state index contributed by atoms with van der Waals surface area (Å²) in [5.74, 6) is 1.32. The Morgan fingerprint density at radius 1 is 1.09 bits per heavy atom. The van der Waals surface area contributed by atoms with Crippen molar-refractivity contribution in [2.45, 2.75) is 51.1 Å². The minimum absolute atomic E-state index is 0.428. The third-order valence-corrected chi connectivity index (χ3v) is 7.46. The van der Waals surface area contributed by atoms with E-state index >= 15 is 0 Å². The first-order valence-electron chi connectivity index (χ1n) is 12.9. The summed E-state index contributed by atoms with van der Waals surface area (Å²) >= 11 is 0. The molecule has 1 saturated carbocycles. The lowest BCUT2D eigenvalue weighted by molar-refractivity contribution is -0.191. The fourth-order valence-electron chi connectivity index (χ4n) is 5.55. The molecule has 2 saturated heterocycles. The number of aromatic nitrogens is 5. The monoisotopic (exact) mass is 477 g/mol. The molecule has 0 amide bonds. The van der Waals surface area contributed by atoms with Crippen molar-refractivity contribution in [1.82, 2.24) is 29.4 Å². The fraction of sp³-hybridized carbons (Fsp3) is 0.600. The van der Waals surface area contributed by atoms with Gasteiger partial charge in [-0.15, -0.1) is 0 Å². The van der Waals surface area contributed by atoms with E-state index in [-0.39, 0.29) is 0 Å². The number of hydrogen-bond donors (Lipinski definition) is 3. The van der Waals surface area contributed by atoms with Crippen molar-refractivity contribution in [3.63, 3.8) is 0 Å². The maximum Gasteiger partial charge on any atom is 0.226 e. The fourth-order valence-corrected chi connectivity index (χ4v) is 5.55. The van der Waals surface area contributed by atoms with E-state index < -0.39 is 0 Å². The van der Waals surface area contributed by atoms with Crippen LogP contribution in [0.4, 0.5) is 17.5 Å². The molecule has 3 aliphatic rings. The SMILES string of the molecule is NCCCCNc1nc(Nc2ccc(CN3CC4(COC4)C3)nc2)c2ncn(C3CCCC3)c2n1. The first-order chi connectivity index (χ1) is 17.2. The zero-order valence-electron chi connectivity index (χ0n) is 20.2. The summed E-state index contributed by atoms with van der Waals surface area (Å²) in [6.07, 6.45) is 10.6. The number of anilines is 3. The Morgan fingerprint density at radius 3 is 2.66 bits per heavy atom. The van der Waals surface area contributed by atoms with Crippen LogP contribution < -0.4 is 16.4 Å². The molecule has 2 aliphatic heterocycles. The number of fused-ring (bicyclic) bond motifs is 1. The summed E-state index contributed by atoms with van der Waals surface area (Å²) in [7, 11) is 0. The molecule has 5 heterocycles. The number of pyridine rings is 1. The highest BCUT2D eigenvalue weighted by atomic mass is 16.5. The maximum atomic E-state index is 5.64. The molecule has 3 fully saturated rings. The van der Waals surface area contributed by atoms with E-state index in [2.05, 4.69) is 32.2 Å². The predicted molar refractivity (Wildman–Crippen MR) is 136 cm³/mol. The number of unbranched alkanes of at least 4 members (excludes halogenated alkanes) is 1. The summed E-state index contributed by atoms with van der Waals surface area (Å²) < 4.78 is 7.61. The van der Waals surface area contributed by atoms with Crippen LogP contribution in [0.5, 0.6) is 0 Å². The van der Waals surface area contributed by atoms with E-state index in [1.165, 1.54) is 25.7 Å². The highest BCUT2D eigenvalue weighted by Gasteiger charge is 2.48. The maximum absolute atomic E-state index is 5.64. The predicted octanol–water partition coefficient (Wildman–Crippen LogP) is 3.06. The minimum atomic E-state index is 0.428. The molecule has 1 spiro atoms. The second kappa shape index (κ2) is 9.67. The van der Waals surface area contributed by atoms with Gasteiger partial charge >= 0.3 is 0 Å². The van der Waals surface area contributed by atoms with Gasteiger partial charge in [-0.3, -0.25) is 9.88 Å². The van der Waals surface area contributed by atoms with Gasteiger partial charge in [-0.2, -0.15) is 9.97 Å². The highest BCUT2D eigenvalue weighted by Crippen LogP contribution is 2.38. The summed E-state index contributed by atoms with van der Waals surface area (Å²) in [5, 5.41) is 6.83. The number of nitrogens with two attached hydrogens (primary N) is 1. The molecule has 6 rings (SSSR count). The van der Waals surface area contributed by atoms with E-state index in [0.717, 1.165) is 74.8 Å². The van der Waals surface area contributed by atoms with Crippen molar-refractivity contribution < 1.29 is 4.74 Å². The van der Waals surface area contributed by atoms with Gasteiger partial charge < -0.3 is 25.7 Å². The number of ether oxygens (including phenoxy) is 1. The van der Waals surface area contributed by atoms with Crippen molar-refractivity contribution in [1.29, 1.82) is 0 Å². The Hall–Kier alpha value is -2.82. The molecule has 10 nitrogen and oxygen atoms in total. The van der Waals surface area contributed by atoms with E-state index in [1.54, 1.807) is 0 Å². The minimum Gasteiger partial charge on any atom is -0.380 e. The van der Waals surface area contributed by atoms with Crippen molar-refractivity contribution in [2.75, 3.05) is 50.0 Å². The van der Waals surface area contributed by atoms with Gasteiger partial charge in [0.05, 0.1) is 37.1 Å². The molecule has 1 aliphatic carbocycles. The van der Waals surface area contributed by atoms with Gasteiger partial charge in [0, 0.05) is 37.6 Å². The Labute approximate surface area is 205 Å². The normalized spacial score (nSPS) is 19.7. The van der Waals surface area contributed by atoms with Gasteiger partial charge in [-0.25, -0.2) is 4.98 Å². The van der Waals surface area contributed by atoms with Gasteiger partial charge in [0.2, 0.25) is 5.95 Å². The number of nitrogens with one attached hydrogen (secondary N) is 2. The molecule has 3 aromatic heterocycles. The lowest BCUT2D eigenvalue weighted by Crippen LogP contribution is -2.65. The van der Waals surface area contributed by atoms with Crippen molar-refractivity contribution in [3.05, 3.63) is 30.4 Å². The quantitative estimate of drug-likeness (QED) is 0.379. The van der Waals surface area contributed by atoms with Crippen molar-refractivity contribution in [2.24, 2.45) is 11.1 Å². The van der Waals surface area contributed by atoms with Gasteiger partial charge in [-0.05, 0) is 44.4 Å². The molecule has 186 valence electrons. The topological polar surface area (TPSA) is 119 Å². The van der Waals surface area contributed by atoms with Gasteiger partial charge in [-0.1, -0.05) is 12.8 Å². The number of rotatable bonds is 10. The number of hydrogen-bond acceptors (Lipinski definition) is 9. The molecule has 0 aromatic carbocycles. The molecule has 4 N–H and O–H groups in total. The summed E-state index contributed by atoms with van der Waals surface area (Å²) in [5.41, 5.74) is 9.72. The van der Waals surface area contributed by atoms with Gasteiger partial charge in [0.25, 0.3) is 0 Å². The number of nitrogens with zero attached hydrogens (tertiary/aromatic N) is 6. The molecule has 3 aromatic rings. The number of likely N-dealkylation sites (tertiary alicyclic amines) is 1. The van der Waals surface area contributed by atoms with Crippen LogP contribution in [0.25, 0.3) is 11.2 Å². The van der Waals surface area contributed by atoms with Crippen LogP contribution in [0.1, 0.15) is 50.3 Å². The average molecular weight is 478 g/mol. The van der Waals surface area contributed by atoms with E-state index in [1.807, 2.05) is 12.5 Å². The Bertz CT molecular complexity index is 1140. The standard InChI is InChI=1S/C25H35N9O/c26-9-3-4-10-27-24-31-22(21-23(32-24)34(17-29-21)20-5-1-2-6-20)30-18-7-8-19(28-11-18)12-33-13-25(14-33)15-35-16-25/h7-8,11,17,20H,1-6,9-10,12-16,26H2,(H2,27,30,31,32). The zero-order valence-corrected chi connectivity index (χ0v) is 20.2. The van der Waals surface area contributed by atoms with Crippen LogP contribution in [0.15, 0.2) is 24.7 Å². The third kappa shape index (κ3) is 4.70. The van der Waals surface area contributed by atoms with Crippen LogP contribution >= 0.6 is 0 Å². The Kier molecular flexibility index (Phi) is 6.26. The van der Waals surface area contributed by atoms with Crippen LogP contribution in [0.3, 0.4) is 0 Å². The smallest absolute Gasteiger partial charge is 0.226 e. The van der Waals surface area contributed by atoms with Gasteiger partial charge in [0.1, 0.15) is 0 Å². The first-order valence-corrected chi connectivity index (χ1v) is 12.9.